The zero-order valence-electron chi connectivity index (χ0n) is 8.04. The first-order chi connectivity index (χ1) is 7.24. The second-order valence-corrected chi connectivity index (χ2v) is 4.06. The number of fused-ring (bicyclic) bond motifs is 1. The van der Waals surface area contributed by atoms with Crippen molar-refractivity contribution in [3.8, 4) is 0 Å². The topological polar surface area (TPSA) is 67.5 Å². The minimum atomic E-state index is -0.986. The molecule has 0 radical (unpaired) electrons. The number of carboxylic acid groups (broad SMARTS) is 1. The van der Waals surface area contributed by atoms with Crippen LogP contribution in [0.5, 0.6) is 0 Å². The summed E-state index contributed by atoms with van der Waals surface area (Å²) in [5.41, 5.74) is 0.573. The van der Waals surface area contributed by atoms with Crippen molar-refractivity contribution < 1.29 is 9.90 Å². The first kappa shape index (κ1) is 9.97. The van der Waals surface area contributed by atoms with E-state index in [0.717, 1.165) is 5.75 Å². The maximum atomic E-state index is 11.1. The molecule has 0 bridgehead atoms. The van der Waals surface area contributed by atoms with Gasteiger partial charge in [0.25, 0.3) is 0 Å². The lowest BCUT2D eigenvalue weighted by Crippen LogP contribution is -1.98. The number of nitrogens with zero attached hydrogens (tertiary/aromatic N) is 3. The van der Waals surface area contributed by atoms with Crippen LogP contribution in [-0.4, -0.2) is 31.4 Å². The predicted octanol–water partition coefficient (Wildman–Crippen LogP) is 1.54. The van der Waals surface area contributed by atoms with E-state index in [4.69, 9.17) is 5.11 Å². The van der Waals surface area contributed by atoms with E-state index < -0.39 is 5.97 Å². The van der Waals surface area contributed by atoms with E-state index in [-0.39, 0.29) is 5.56 Å². The quantitative estimate of drug-likeness (QED) is 0.799. The number of rotatable bonds is 3. The molecule has 2 heterocycles. The lowest BCUT2D eigenvalue weighted by molar-refractivity contribution is 0.0695. The lowest BCUT2D eigenvalue weighted by Gasteiger charge is -1.93. The van der Waals surface area contributed by atoms with Crippen molar-refractivity contribution in [3.63, 3.8) is 0 Å². The minimum absolute atomic E-state index is 0.183. The van der Waals surface area contributed by atoms with Crippen LogP contribution in [0.4, 0.5) is 0 Å². The van der Waals surface area contributed by atoms with Crippen molar-refractivity contribution in [2.24, 2.45) is 0 Å². The van der Waals surface area contributed by atoms with Crippen LogP contribution in [0.15, 0.2) is 23.5 Å². The number of hydrogen-bond acceptors (Lipinski definition) is 4. The number of hydrogen-bond donors (Lipinski definition) is 1. The molecule has 0 fully saturated rings. The van der Waals surface area contributed by atoms with Gasteiger partial charge in [-0.3, -0.25) is 0 Å². The number of aromatic nitrogens is 3. The molecule has 0 saturated heterocycles. The van der Waals surface area contributed by atoms with Crippen molar-refractivity contribution >= 4 is 23.4 Å². The van der Waals surface area contributed by atoms with Gasteiger partial charge in [-0.05, 0) is 11.8 Å². The Morgan fingerprint density at radius 1 is 1.67 bits per heavy atom. The minimum Gasteiger partial charge on any atom is -0.477 e. The maximum Gasteiger partial charge on any atom is 0.342 e. The largest absolute Gasteiger partial charge is 0.477 e. The molecule has 0 aromatic carbocycles. The fourth-order valence-electron chi connectivity index (χ4n) is 1.29. The smallest absolute Gasteiger partial charge is 0.342 e. The van der Waals surface area contributed by atoms with Crippen LogP contribution in [-0.2, 0) is 0 Å². The maximum absolute atomic E-state index is 11.1. The van der Waals surface area contributed by atoms with Crippen LogP contribution >= 0.6 is 11.8 Å². The number of thioether (sulfide) groups is 1. The van der Waals surface area contributed by atoms with Gasteiger partial charge in [-0.25, -0.2) is 14.3 Å². The Hall–Kier alpha value is -1.56. The molecule has 2 aromatic heterocycles. The highest BCUT2D eigenvalue weighted by molar-refractivity contribution is 7.99. The van der Waals surface area contributed by atoms with E-state index in [9.17, 15) is 4.79 Å². The van der Waals surface area contributed by atoms with Gasteiger partial charge >= 0.3 is 5.97 Å². The highest BCUT2D eigenvalue weighted by Crippen LogP contribution is 2.23. The van der Waals surface area contributed by atoms with Gasteiger partial charge in [0.05, 0.1) is 0 Å². The Kier molecular flexibility index (Phi) is 2.59. The van der Waals surface area contributed by atoms with Crippen molar-refractivity contribution in [3.05, 3.63) is 24.0 Å². The molecule has 78 valence electrons. The van der Waals surface area contributed by atoms with Gasteiger partial charge in [0.1, 0.15) is 10.6 Å². The summed E-state index contributed by atoms with van der Waals surface area (Å²) in [6.07, 6.45) is 3.25. The van der Waals surface area contributed by atoms with E-state index in [1.807, 2.05) is 6.92 Å². The predicted molar refractivity (Wildman–Crippen MR) is 56.3 cm³/mol. The molecule has 0 saturated carbocycles. The zero-order valence-corrected chi connectivity index (χ0v) is 8.86. The van der Waals surface area contributed by atoms with Gasteiger partial charge in [-0.1, -0.05) is 6.92 Å². The van der Waals surface area contributed by atoms with Crippen LogP contribution in [0.1, 0.15) is 17.3 Å². The summed E-state index contributed by atoms with van der Waals surface area (Å²) < 4.78 is 1.49. The molecule has 2 rings (SSSR count). The van der Waals surface area contributed by atoms with Gasteiger partial charge < -0.3 is 5.11 Å². The molecule has 6 heteroatoms. The summed E-state index contributed by atoms with van der Waals surface area (Å²) in [6.45, 7) is 1.95. The normalized spacial score (nSPS) is 10.7. The standard InChI is InChI=1S/C9H9N3O2S/c1-2-15-8-6(9(13)14)7-10-4-3-5-12(7)11-8/h3-5H,2H2,1H3,(H,13,14). The molecule has 0 atom stereocenters. The van der Waals surface area contributed by atoms with Crippen molar-refractivity contribution in [1.82, 2.24) is 14.6 Å². The summed E-state index contributed by atoms with van der Waals surface area (Å²) in [7, 11) is 0. The summed E-state index contributed by atoms with van der Waals surface area (Å²) in [4.78, 5) is 15.1. The van der Waals surface area contributed by atoms with Gasteiger partial charge in [0.15, 0.2) is 5.65 Å². The van der Waals surface area contributed by atoms with Gasteiger partial charge in [0, 0.05) is 12.4 Å². The van der Waals surface area contributed by atoms with E-state index >= 15 is 0 Å². The summed E-state index contributed by atoms with van der Waals surface area (Å²) in [5.74, 6) is -0.205. The van der Waals surface area contributed by atoms with E-state index in [2.05, 4.69) is 10.1 Å². The number of carbonyl (C=O) groups is 1. The van der Waals surface area contributed by atoms with Crippen LogP contribution in [0.3, 0.4) is 0 Å². The van der Waals surface area contributed by atoms with Gasteiger partial charge in [0.2, 0.25) is 0 Å². The van der Waals surface area contributed by atoms with Crippen molar-refractivity contribution in [2.45, 2.75) is 11.9 Å². The molecule has 0 aliphatic carbocycles. The van der Waals surface area contributed by atoms with Crippen molar-refractivity contribution in [2.75, 3.05) is 5.75 Å². The van der Waals surface area contributed by atoms with Gasteiger partial charge in [-0.15, -0.1) is 11.8 Å². The highest BCUT2D eigenvalue weighted by Gasteiger charge is 2.19. The molecule has 0 aliphatic heterocycles. The molecule has 5 nitrogen and oxygen atoms in total. The molecule has 0 aliphatic rings. The van der Waals surface area contributed by atoms with E-state index in [0.29, 0.717) is 10.7 Å². The molecule has 0 unspecified atom stereocenters. The van der Waals surface area contributed by atoms with Crippen LogP contribution in [0, 0.1) is 0 Å². The first-order valence-electron chi connectivity index (χ1n) is 4.43. The van der Waals surface area contributed by atoms with Gasteiger partial charge in [-0.2, -0.15) is 5.10 Å². The molecule has 2 aromatic rings. The second-order valence-electron chi connectivity index (χ2n) is 2.81. The summed E-state index contributed by atoms with van der Waals surface area (Å²) in [6, 6.07) is 1.71. The molecule has 0 amide bonds. The fourth-order valence-corrected chi connectivity index (χ4v) is 2.03. The average Bonchev–Trinajstić information content (AvgIpc) is 2.56. The lowest BCUT2D eigenvalue weighted by atomic mass is 10.3. The molecular formula is C9H9N3O2S. The third-order valence-electron chi connectivity index (χ3n) is 1.86. The third-order valence-corrected chi connectivity index (χ3v) is 2.71. The highest BCUT2D eigenvalue weighted by atomic mass is 32.2. The molecule has 1 N–H and O–H groups in total. The van der Waals surface area contributed by atoms with Crippen LogP contribution in [0.25, 0.3) is 5.65 Å². The zero-order chi connectivity index (χ0) is 10.8. The SMILES string of the molecule is CCSc1nn2cccnc2c1C(=O)O. The first-order valence-corrected chi connectivity index (χ1v) is 5.42. The summed E-state index contributed by atoms with van der Waals surface area (Å²) >= 11 is 1.40. The average molecular weight is 223 g/mol. The molecular weight excluding hydrogens is 214 g/mol. The monoisotopic (exact) mass is 223 g/mol. The molecule has 15 heavy (non-hydrogen) atoms. The Bertz CT molecular complexity index is 509. The Morgan fingerprint density at radius 3 is 3.13 bits per heavy atom. The second kappa shape index (κ2) is 3.90. The summed E-state index contributed by atoms with van der Waals surface area (Å²) in [5, 5.41) is 13.7. The fraction of sp³-hybridized carbons (Fsp3) is 0.222. The number of aromatic carboxylic acids is 1. The third kappa shape index (κ3) is 1.68. The van der Waals surface area contributed by atoms with Crippen molar-refractivity contribution in [1.29, 1.82) is 0 Å². The van der Waals surface area contributed by atoms with Crippen LogP contribution < -0.4 is 0 Å². The van der Waals surface area contributed by atoms with Crippen LogP contribution in [0.2, 0.25) is 0 Å². The van der Waals surface area contributed by atoms with E-state index in [1.165, 1.54) is 16.3 Å². The Balaban J connectivity index is 2.69. The molecule has 0 spiro atoms. The Morgan fingerprint density at radius 2 is 2.47 bits per heavy atom. The Labute approximate surface area is 90.1 Å². The van der Waals surface area contributed by atoms with E-state index in [1.54, 1.807) is 18.5 Å². The number of carboxylic acids is 1.